The van der Waals surface area contributed by atoms with E-state index in [1.54, 1.807) is 0 Å². The Hall–Kier alpha value is -0.0800. The fourth-order valence-corrected chi connectivity index (χ4v) is 9.40. The summed E-state index contributed by atoms with van der Waals surface area (Å²) in [6.07, 6.45) is 14.8. The predicted octanol–water partition coefficient (Wildman–Crippen LogP) is 7.61. The highest BCUT2D eigenvalue weighted by Crippen LogP contribution is 2.69. The summed E-state index contributed by atoms with van der Waals surface area (Å²) in [6, 6.07) is 0. The molecule has 0 bridgehead atoms. The fraction of sp³-hybridized carbons (Fsp3) is 1.00. The summed E-state index contributed by atoms with van der Waals surface area (Å²) >= 11 is 0. The molecule has 0 aromatic heterocycles. The second-order valence-electron chi connectivity index (χ2n) is 13.5. The summed E-state index contributed by atoms with van der Waals surface area (Å²) < 4.78 is 0. The van der Waals surface area contributed by atoms with Crippen molar-refractivity contribution in [3.63, 3.8) is 0 Å². The van der Waals surface area contributed by atoms with Gasteiger partial charge in [0, 0.05) is 0 Å². The first-order valence-corrected chi connectivity index (χ1v) is 13.4. The molecule has 31 heavy (non-hydrogen) atoms. The molecule has 0 heterocycles. The molecule has 2 heteroatoms. The minimum atomic E-state index is -0.529. The van der Waals surface area contributed by atoms with Gasteiger partial charge in [-0.15, -0.1) is 0 Å². The molecule has 2 N–H and O–H groups in total. The van der Waals surface area contributed by atoms with Crippen LogP contribution in [-0.2, 0) is 0 Å². The minimum absolute atomic E-state index is 0. The van der Waals surface area contributed by atoms with E-state index in [1.807, 2.05) is 13.8 Å². The van der Waals surface area contributed by atoms with Gasteiger partial charge in [-0.2, -0.15) is 0 Å². The van der Waals surface area contributed by atoms with E-state index in [0.29, 0.717) is 10.8 Å². The van der Waals surface area contributed by atoms with Gasteiger partial charge in [-0.25, -0.2) is 0 Å². The van der Waals surface area contributed by atoms with Crippen molar-refractivity contribution in [3.8, 4) is 0 Å². The van der Waals surface area contributed by atoms with Gasteiger partial charge in [-0.3, -0.25) is 0 Å². The van der Waals surface area contributed by atoms with Crippen LogP contribution < -0.4 is 0 Å². The lowest BCUT2D eigenvalue weighted by Crippen LogP contribution is -2.56. The summed E-state index contributed by atoms with van der Waals surface area (Å²) in [5.74, 6) is 5.03. The molecule has 0 aromatic rings. The SMILES string of the molecule is C.CC[C@]1(O)CC[C@@]2(C)[C@@H](CC[C@@H]3[C@@H]2CC[C@]2(C)[C@@H]([C@H](C)CCC(C)(C)O)CC[C@@H]32)C1. The van der Waals surface area contributed by atoms with E-state index in [9.17, 15) is 10.2 Å². The predicted molar refractivity (Wildman–Crippen MR) is 132 cm³/mol. The summed E-state index contributed by atoms with van der Waals surface area (Å²) in [4.78, 5) is 0. The summed E-state index contributed by atoms with van der Waals surface area (Å²) in [5.41, 5.74) is 0.0756. The number of fused-ring (bicyclic) bond motifs is 5. The van der Waals surface area contributed by atoms with E-state index in [1.165, 1.54) is 51.4 Å². The van der Waals surface area contributed by atoms with Gasteiger partial charge in [-0.05, 0) is 137 Å². The van der Waals surface area contributed by atoms with Crippen LogP contribution in [0.15, 0.2) is 0 Å². The van der Waals surface area contributed by atoms with Crippen LogP contribution in [0.3, 0.4) is 0 Å². The molecule has 9 atom stereocenters. The highest BCUT2D eigenvalue weighted by atomic mass is 16.3. The maximum Gasteiger partial charge on any atom is 0.0648 e. The monoisotopic (exact) mass is 434 g/mol. The number of hydrogen-bond acceptors (Lipinski definition) is 2. The summed E-state index contributed by atoms with van der Waals surface area (Å²) in [5, 5.41) is 21.2. The van der Waals surface area contributed by atoms with Crippen molar-refractivity contribution in [1.82, 2.24) is 0 Å². The van der Waals surface area contributed by atoms with Gasteiger partial charge < -0.3 is 10.2 Å². The zero-order valence-electron chi connectivity index (χ0n) is 20.8. The van der Waals surface area contributed by atoms with Crippen LogP contribution in [0.5, 0.6) is 0 Å². The van der Waals surface area contributed by atoms with Crippen molar-refractivity contribution in [2.75, 3.05) is 0 Å². The van der Waals surface area contributed by atoms with Crippen LogP contribution in [0.4, 0.5) is 0 Å². The van der Waals surface area contributed by atoms with Crippen molar-refractivity contribution in [1.29, 1.82) is 0 Å². The smallest absolute Gasteiger partial charge is 0.0648 e. The van der Waals surface area contributed by atoms with Crippen LogP contribution in [0.25, 0.3) is 0 Å². The molecule has 0 aromatic carbocycles. The van der Waals surface area contributed by atoms with Gasteiger partial charge in [0.1, 0.15) is 0 Å². The number of hydrogen-bond donors (Lipinski definition) is 2. The molecule has 4 aliphatic rings. The average molecular weight is 435 g/mol. The Labute approximate surface area is 194 Å². The lowest BCUT2D eigenvalue weighted by atomic mass is 9.43. The Balaban J connectivity index is 0.00000272. The van der Waals surface area contributed by atoms with Gasteiger partial charge in [0.2, 0.25) is 0 Å². The van der Waals surface area contributed by atoms with Gasteiger partial charge in [0.05, 0.1) is 11.2 Å². The Morgan fingerprint density at radius 2 is 1.61 bits per heavy atom. The van der Waals surface area contributed by atoms with Crippen LogP contribution in [0.1, 0.15) is 126 Å². The molecular formula is C29H54O2. The number of aliphatic hydroxyl groups is 2. The summed E-state index contributed by atoms with van der Waals surface area (Å²) in [6.45, 7) is 13.8. The molecule has 4 fully saturated rings. The first-order chi connectivity index (χ1) is 13.9. The molecular weight excluding hydrogens is 380 g/mol. The molecule has 4 aliphatic carbocycles. The van der Waals surface area contributed by atoms with Crippen molar-refractivity contribution < 1.29 is 10.2 Å². The first-order valence-electron chi connectivity index (χ1n) is 13.4. The van der Waals surface area contributed by atoms with E-state index in [0.717, 1.165) is 61.2 Å². The molecule has 182 valence electrons. The maximum atomic E-state index is 11.0. The lowest BCUT2D eigenvalue weighted by molar-refractivity contribution is -0.152. The Morgan fingerprint density at radius 3 is 2.26 bits per heavy atom. The molecule has 2 nitrogen and oxygen atoms in total. The standard InChI is InChI=1S/C28H50O2.CH4/c1-7-28(30)17-16-26(5)20(18-28)8-9-21-23-11-10-22(19(2)12-14-25(3,4)29)27(23,6)15-13-24(21)26;/h19-24,29-30H,7-18H2,1-6H3;1H4/t19-,20+,21+,22-,23+,24+,26+,27-,28+;/m1./s1. The zero-order chi connectivity index (χ0) is 21.9. The van der Waals surface area contributed by atoms with Crippen LogP contribution in [-0.4, -0.2) is 21.4 Å². The van der Waals surface area contributed by atoms with Crippen molar-refractivity contribution in [2.24, 2.45) is 46.3 Å². The van der Waals surface area contributed by atoms with Gasteiger partial charge >= 0.3 is 0 Å². The molecule has 0 unspecified atom stereocenters. The molecule has 4 rings (SSSR count). The second kappa shape index (κ2) is 8.61. The van der Waals surface area contributed by atoms with Crippen LogP contribution in [0.2, 0.25) is 0 Å². The average Bonchev–Trinajstić information content (AvgIpc) is 3.03. The first kappa shape index (κ1) is 25.5. The molecule has 0 spiro atoms. The maximum absolute atomic E-state index is 11.0. The highest BCUT2D eigenvalue weighted by molar-refractivity contribution is 5.10. The Bertz CT molecular complexity index is 623. The minimum Gasteiger partial charge on any atom is -0.390 e. The van der Waals surface area contributed by atoms with Gasteiger partial charge in [-0.1, -0.05) is 35.1 Å². The third-order valence-electron chi connectivity index (χ3n) is 11.5. The van der Waals surface area contributed by atoms with Crippen LogP contribution in [0, 0.1) is 46.3 Å². The van der Waals surface area contributed by atoms with E-state index >= 15 is 0 Å². The molecule has 0 aliphatic heterocycles. The highest BCUT2D eigenvalue weighted by Gasteiger charge is 2.61. The Morgan fingerprint density at radius 1 is 0.935 bits per heavy atom. The normalized spacial score (nSPS) is 48.2. The van der Waals surface area contributed by atoms with Crippen molar-refractivity contribution >= 4 is 0 Å². The third-order valence-corrected chi connectivity index (χ3v) is 11.5. The second-order valence-corrected chi connectivity index (χ2v) is 13.5. The fourth-order valence-electron chi connectivity index (χ4n) is 9.40. The molecule has 0 radical (unpaired) electrons. The summed E-state index contributed by atoms with van der Waals surface area (Å²) in [7, 11) is 0. The van der Waals surface area contributed by atoms with Crippen LogP contribution >= 0.6 is 0 Å². The lowest BCUT2D eigenvalue weighted by Gasteiger charge is -2.62. The number of rotatable bonds is 5. The third kappa shape index (κ3) is 4.39. The quantitative estimate of drug-likeness (QED) is 0.467. The van der Waals surface area contributed by atoms with Gasteiger partial charge in [0.15, 0.2) is 0 Å². The van der Waals surface area contributed by atoms with E-state index in [-0.39, 0.29) is 13.0 Å². The zero-order valence-corrected chi connectivity index (χ0v) is 20.8. The molecule has 0 saturated heterocycles. The molecule has 0 amide bonds. The van der Waals surface area contributed by atoms with E-state index < -0.39 is 5.60 Å². The Kier molecular flexibility index (Phi) is 7.09. The topological polar surface area (TPSA) is 40.5 Å². The largest absolute Gasteiger partial charge is 0.390 e. The van der Waals surface area contributed by atoms with Gasteiger partial charge in [0.25, 0.3) is 0 Å². The van der Waals surface area contributed by atoms with Crippen molar-refractivity contribution in [2.45, 2.75) is 137 Å². The molecule has 4 saturated carbocycles. The van der Waals surface area contributed by atoms with E-state index in [4.69, 9.17) is 0 Å². The van der Waals surface area contributed by atoms with E-state index in [2.05, 4.69) is 27.7 Å². The van der Waals surface area contributed by atoms with Crippen molar-refractivity contribution in [3.05, 3.63) is 0 Å².